The summed E-state index contributed by atoms with van der Waals surface area (Å²) in [6.07, 6.45) is 0.785. The van der Waals surface area contributed by atoms with Gasteiger partial charge in [-0.3, -0.25) is 0 Å². The zero-order valence-electron chi connectivity index (χ0n) is 9.30. The van der Waals surface area contributed by atoms with Gasteiger partial charge in [-0.1, -0.05) is 11.6 Å². The molecule has 2 N–H and O–H groups in total. The first-order valence-electron chi connectivity index (χ1n) is 5.08. The summed E-state index contributed by atoms with van der Waals surface area (Å²) in [6, 6.07) is 5.62. The Bertz CT molecular complexity index is 399. The summed E-state index contributed by atoms with van der Waals surface area (Å²) in [5, 5.41) is 0.703. The van der Waals surface area contributed by atoms with E-state index in [1.54, 1.807) is 0 Å². The van der Waals surface area contributed by atoms with Gasteiger partial charge in [0.05, 0.1) is 0 Å². The maximum absolute atomic E-state index is 6.30. The molecule has 1 aliphatic rings. The molecule has 0 fully saturated rings. The molecule has 2 nitrogen and oxygen atoms in total. The first-order chi connectivity index (χ1) is 6.80. The quantitative estimate of drug-likeness (QED) is 0.737. The summed E-state index contributed by atoms with van der Waals surface area (Å²) < 4.78 is 5.87. The number of nitrogens with two attached hydrogens (primary N) is 1. The predicted octanol–water partition coefficient (Wildman–Crippen LogP) is 3.08. The van der Waals surface area contributed by atoms with Gasteiger partial charge in [-0.15, -0.1) is 0 Å². The van der Waals surface area contributed by atoms with E-state index >= 15 is 0 Å². The highest BCUT2D eigenvalue weighted by molar-refractivity contribution is 6.30. The molecule has 0 saturated carbocycles. The van der Waals surface area contributed by atoms with Crippen molar-refractivity contribution in [1.82, 2.24) is 0 Å². The van der Waals surface area contributed by atoms with E-state index in [4.69, 9.17) is 22.1 Å². The molecule has 0 aliphatic carbocycles. The number of fused-ring (bicyclic) bond motifs is 1. The second-order valence-corrected chi connectivity index (χ2v) is 5.53. The van der Waals surface area contributed by atoms with Crippen LogP contribution in [0.15, 0.2) is 18.2 Å². The lowest BCUT2D eigenvalue weighted by atomic mass is 9.80. The van der Waals surface area contributed by atoms with Crippen LogP contribution in [0, 0.1) is 0 Å². The molecule has 1 heterocycles. The monoisotopic (exact) mass is 225 g/mol. The van der Waals surface area contributed by atoms with Crippen molar-refractivity contribution in [2.45, 2.75) is 38.3 Å². The number of rotatable bonds is 0. The minimum Gasteiger partial charge on any atom is -0.487 e. The van der Waals surface area contributed by atoms with Gasteiger partial charge in [0.1, 0.15) is 11.4 Å². The first kappa shape index (κ1) is 10.8. The summed E-state index contributed by atoms with van der Waals surface area (Å²) in [7, 11) is 0. The average molecular weight is 226 g/mol. The molecular formula is C12H16ClNO. The molecule has 0 aromatic heterocycles. The van der Waals surface area contributed by atoms with Crippen molar-refractivity contribution in [1.29, 1.82) is 0 Å². The molecule has 0 bridgehead atoms. The van der Waals surface area contributed by atoms with Crippen LogP contribution in [0.4, 0.5) is 0 Å². The molecule has 0 amide bonds. The number of hydrogen-bond donors (Lipinski definition) is 1. The second kappa shape index (κ2) is 3.13. The Morgan fingerprint density at radius 2 is 2.00 bits per heavy atom. The van der Waals surface area contributed by atoms with E-state index < -0.39 is 0 Å². The summed E-state index contributed by atoms with van der Waals surface area (Å²) >= 11 is 5.96. The van der Waals surface area contributed by atoms with E-state index in [9.17, 15) is 0 Å². The zero-order valence-corrected chi connectivity index (χ0v) is 10.1. The van der Waals surface area contributed by atoms with E-state index in [1.807, 2.05) is 25.1 Å². The van der Waals surface area contributed by atoms with Crippen molar-refractivity contribution >= 4 is 11.6 Å². The standard InChI is InChI=1S/C12H16ClNO/c1-11(2)7-12(3,14)9-6-8(13)4-5-10(9)15-11/h4-6H,7,14H2,1-3H3. The molecule has 3 heteroatoms. The molecule has 1 aromatic rings. The Morgan fingerprint density at radius 3 is 2.67 bits per heavy atom. The highest BCUT2D eigenvalue weighted by atomic mass is 35.5. The van der Waals surface area contributed by atoms with Gasteiger partial charge in [0.25, 0.3) is 0 Å². The topological polar surface area (TPSA) is 35.2 Å². The van der Waals surface area contributed by atoms with Gasteiger partial charge in [0, 0.05) is 22.5 Å². The predicted molar refractivity (Wildman–Crippen MR) is 62.3 cm³/mol. The number of benzene rings is 1. The average Bonchev–Trinajstić information content (AvgIpc) is 2.03. The molecular weight excluding hydrogens is 210 g/mol. The van der Waals surface area contributed by atoms with E-state index in [0.717, 1.165) is 17.7 Å². The highest BCUT2D eigenvalue weighted by Gasteiger charge is 2.39. The molecule has 0 radical (unpaired) electrons. The Balaban J connectivity index is 2.55. The van der Waals surface area contributed by atoms with Crippen LogP contribution in [0.2, 0.25) is 5.02 Å². The van der Waals surface area contributed by atoms with E-state index in [-0.39, 0.29) is 11.1 Å². The molecule has 82 valence electrons. The third-order valence-electron chi connectivity index (χ3n) is 2.74. The van der Waals surface area contributed by atoms with Gasteiger partial charge < -0.3 is 10.5 Å². The normalized spacial score (nSPS) is 28.1. The van der Waals surface area contributed by atoms with Gasteiger partial charge in [-0.05, 0) is 39.0 Å². The molecule has 1 atom stereocenters. The lowest BCUT2D eigenvalue weighted by molar-refractivity contribution is 0.0503. The van der Waals surface area contributed by atoms with Crippen LogP contribution in [-0.2, 0) is 5.54 Å². The Morgan fingerprint density at radius 1 is 1.33 bits per heavy atom. The minimum atomic E-state index is -0.373. The zero-order chi connectivity index (χ0) is 11.3. The van der Waals surface area contributed by atoms with E-state index in [2.05, 4.69) is 13.8 Å². The van der Waals surface area contributed by atoms with Crippen LogP contribution in [0.1, 0.15) is 32.8 Å². The lowest BCUT2D eigenvalue weighted by Crippen LogP contribution is -2.47. The Hall–Kier alpha value is -0.730. The van der Waals surface area contributed by atoms with Crippen molar-refractivity contribution in [2.24, 2.45) is 5.73 Å². The fourth-order valence-corrected chi connectivity index (χ4v) is 2.52. The van der Waals surface area contributed by atoms with Crippen molar-refractivity contribution < 1.29 is 4.74 Å². The third-order valence-corrected chi connectivity index (χ3v) is 2.97. The summed E-state index contributed by atoms with van der Waals surface area (Å²) in [5.41, 5.74) is 6.70. The molecule has 1 aliphatic heterocycles. The fourth-order valence-electron chi connectivity index (χ4n) is 2.35. The molecule has 2 rings (SSSR count). The van der Waals surface area contributed by atoms with Crippen molar-refractivity contribution in [3.05, 3.63) is 28.8 Å². The van der Waals surface area contributed by atoms with Crippen LogP contribution in [0.25, 0.3) is 0 Å². The SMILES string of the molecule is CC1(C)CC(C)(N)c2cc(Cl)ccc2O1. The van der Waals surface area contributed by atoms with E-state index in [1.165, 1.54) is 0 Å². The lowest BCUT2D eigenvalue weighted by Gasteiger charge is -2.42. The van der Waals surface area contributed by atoms with Gasteiger partial charge in [-0.25, -0.2) is 0 Å². The number of ether oxygens (including phenoxy) is 1. The minimum absolute atomic E-state index is 0.218. The molecule has 1 aromatic carbocycles. The van der Waals surface area contributed by atoms with Gasteiger partial charge in [0.15, 0.2) is 0 Å². The maximum atomic E-state index is 6.30. The van der Waals surface area contributed by atoms with Crippen molar-refractivity contribution in [3.63, 3.8) is 0 Å². The summed E-state index contributed by atoms with van der Waals surface area (Å²) in [6.45, 7) is 6.12. The molecule has 0 saturated heterocycles. The smallest absolute Gasteiger partial charge is 0.125 e. The van der Waals surface area contributed by atoms with Gasteiger partial charge >= 0.3 is 0 Å². The van der Waals surface area contributed by atoms with Crippen molar-refractivity contribution in [3.8, 4) is 5.75 Å². The van der Waals surface area contributed by atoms with E-state index in [0.29, 0.717) is 5.02 Å². The summed E-state index contributed by atoms with van der Waals surface area (Å²) in [5.74, 6) is 0.848. The fraction of sp³-hybridized carbons (Fsp3) is 0.500. The van der Waals surface area contributed by atoms with Gasteiger partial charge in [0.2, 0.25) is 0 Å². The van der Waals surface area contributed by atoms with Crippen LogP contribution in [0.3, 0.4) is 0 Å². The third kappa shape index (κ3) is 1.97. The largest absolute Gasteiger partial charge is 0.487 e. The Kier molecular flexibility index (Phi) is 2.25. The summed E-state index contributed by atoms with van der Waals surface area (Å²) in [4.78, 5) is 0. The first-order valence-corrected chi connectivity index (χ1v) is 5.46. The van der Waals surface area contributed by atoms with Crippen LogP contribution in [-0.4, -0.2) is 5.60 Å². The Labute approximate surface area is 95.4 Å². The number of halogens is 1. The molecule has 1 unspecified atom stereocenters. The molecule has 0 spiro atoms. The molecule has 15 heavy (non-hydrogen) atoms. The van der Waals surface area contributed by atoms with Crippen LogP contribution < -0.4 is 10.5 Å². The number of hydrogen-bond acceptors (Lipinski definition) is 2. The maximum Gasteiger partial charge on any atom is 0.125 e. The van der Waals surface area contributed by atoms with Crippen molar-refractivity contribution in [2.75, 3.05) is 0 Å². The van der Waals surface area contributed by atoms with Crippen LogP contribution >= 0.6 is 11.6 Å². The van der Waals surface area contributed by atoms with Crippen LogP contribution in [0.5, 0.6) is 5.75 Å². The second-order valence-electron chi connectivity index (χ2n) is 5.10. The van der Waals surface area contributed by atoms with Gasteiger partial charge in [-0.2, -0.15) is 0 Å². The highest BCUT2D eigenvalue weighted by Crippen LogP contribution is 2.42.